The Hall–Kier alpha value is -6.65. The van der Waals surface area contributed by atoms with Crippen molar-refractivity contribution in [2.24, 2.45) is 0 Å². The van der Waals surface area contributed by atoms with Gasteiger partial charge >= 0.3 is 0 Å². The van der Waals surface area contributed by atoms with Crippen LogP contribution in [-0.4, -0.2) is 15.0 Å². The maximum atomic E-state index is 6.67. The first-order chi connectivity index (χ1) is 24.8. The van der Waals surface area contributed by atoms with E-state index in [2.05, 4.69) is 127 Å². The molecular weight excluding hydrogens is 611 g/mol. The minimum absolute atomic E-state index is 0.629. The Labute approximate surface area is 290 Å². The summed E-state index contributed by atoms with van der Waals surface area (Å²) in [7, 11) is 0. The number of rotatable bonds is 4. The summed E-state index contributed by atoms with van der Waals surface area (Å²) in [5, 5.41) is 0. The van der Waals surface area contributed by atoms with Crippen molar-refractivity contribution in [2.45, 2.75) is 5.41 Å². The molecule has 234 valence electrons. The Bertz CT molecular complexity index is 2460. The lowest BCUT2D eigenvalue weighted by Crippen LogP contribution is -2.32. The molecule has 1 aliphatic heterocycles. The van der Waals surface area contributed by atoms with Gasteiger partial charge in [-0.1, -0.05) is 164 Å². The number of fused-ring (bicyclic) bond motifs is 9. The van der Waals surface area contributed by atoms with Gasteiger partial charge in [0.15, 0.2) is 17.5 Å². The van der Waals surface area contributed by atoms with Gasteiger partial charge in [0.2, 0.25) is 0 Å². The van der Waals surface area contributed by atoms with Gasteiger partial charge in [0.1, 0.15) is 11.5 Å². The first-order valence-electron chi connectivity index (χ1n) is 16.9. The molecule has 0 fully saturated rings. The second-order valence-corrected chi connectivity index (χ2v) is 12.7. The summed E-state index contributed by atoms with van der Waals surface area (Å²) in [6, 6.07) is 61.2. The molecule has 0 unspecified atom stereocenters. The van der Waals surface area contributed by atoms with Gasteiger partial charge in [-0.3, -0.25) is 0 Å². The van der Waals surface area contributed by atoms with Crippen LogP contribution in [0.3, 0.4) is 0 Å². The van der Waals surface area contributed by atoms with Gasteiger partial charge in [0, 0.05) is 27.8 Å². The topological polar surface area (TPSA) is 47.9 Å². The predicted molar refractivity (Wildman–Crippen MR) is 199 cm³/mol. The van der Waals surface area contributed by atoms with E-state index in [4.69, 9.17) is 19.7 Å². The Kier molecular flexibility index (Phi) is 6.36. The second kappa shape index (κ2) is 11.2. The molecule has 10 rings (SSSR count). The monoisotopic (exact) mass is 639 g/mol. The second-order valence-electron chi connectivity index (χ2n) is 12.7. The van der Waals surface area contributed by atoms with Crippen molar-refractivity contribution < 1.29 is 4.74 Å². The van der Waals surface area contributed by atoms with Crippen LogP contribution in [-0.2, 0) is 5.41 Å². The van der Waals surface area contributed by atoms with Crippen molar-refractivity contribution in [3.05, 3.63) is 198 Å². The molecule has 0 atom stereocenters. The fraction of sp³-hybridized carbons (Fsp3) is 0.0217. The summed E-state index contributed by atoms with van der Waals surface area (Å²) < 4.78 is 6.67. The summed E-state index contributed by atoms with van der Waals surface area (Å²) in [5.41, 5.74) is 11.4. The molecule has 1 aromatic heterocycles. The van der Waals surface area contributed by atoms with E-state index in [-0.39, 0.29) is 0 Å². The van der Waals surface area contributed by atoms with Crippen molar-refractivity contribution >= 4 is 0 Å². The van der Waals surface area contributed by atoms with Crippen LogP contribution >= 0.6 is 0 Å². The van der Waals surface area contributed by atoms with E-state index in [1.165, 1.54) is 22.3 Å². The molecular formula is C46H29N3O. The number of hydrogen-bond acceptors (Lipinski definition) is 4. The minimum atomic E-state index is -0.704. The molecule has 50 heavy (non-hydrogen) atoms. The van der Waals surface area contributed by atoms with Gasteiger partial charge in [-0.05, 0) is 45.5 Å². The molecule has 0 bridgehead atoms. The molecule has 0 saturated carbocycles. The zero-order chi connectivity index (χ0) is 33.1. The summed E-state index contributed by atoms with van der Waals surface area (Å²) >= 11 is 0. The van der Waals surface area contributed by atoms with Gasteiger partial charge in [-0.25, -0.2) is 15.0 Å². The number of benzene rings is 7. The molecule has 2 heterocycles. The van der Waals surface area contributed by atoms with E-state index in [1.54, 1.807) is 0 Å². The molecule has 1 aliphatic carbocycles. The minimum Gasteiger partial charge on any atom is -0.457 e. The summed E-state index contributed by atoms with van der Waals surface area (Å²) in [6.45, 7) is 0. The van der Waals surface area contributed by atoms with Gasteiger partial charge in [-0.15, -0.1) is 0 Å². The third kappa shape index (κ3) is 4.15. The normalized spacial score (nSPS) is 13.1. The highest BCUT2D eigenvalue weighted by Gasteiger charge is 2.53. The van der Waals surface area contributed by atoms with Crippen LogP contribution in [0.5, 0.6) is 11.5 Å². The average Bonchev–Trinajstić information content (AvgIpc) is 3.50. The van der Waals surface area contributed by atoms with E-state index in [9.17, 15) is 0 Å². The van der Waals surface area contributed by atoms with Gasteiger partial charge in [-0.2, -0.15) is 0 Å². The van der Waals surface area contributed by atoms with Crippen LogP contribution < -0.4 is 4.74 Å². The third-order valence-electron chi connectivity index (χ3n) is 10.0. The molecule has 0 radical (unpaired) electrons. The lowest BCUT2D eigenvalue weighted by molar-refractivity contribution is 0.436. The van der Waals surface area contributed by atoms with Crippen LogP contribution in [0, 0.1) is 0 Å². The highest BCUT2D eigenvalue weighted by molar-refractivity contribution is 5.99. The Morgan fingerprint density at radius 3 is 1.38 bits per heavy atom. The van der Waals surface area contributed by atoms with E-state index in [1.807, 2.05) is 48.5 Å². The van der Waals surface area contributed by atoms with Crippen molar-refractivity contribution in [1.82, 2.24) is 15.0 Å². The SMILES string of the molecule is c1ccc(-c2nc(-c3ccccc3)nc(-c3cccc4c3C3(c5ccccc5Oc5ccccc53)c3cccc(-c5ccccc5)c3-4)n2)cc1. The first-order valence-corrected chi connectivity index (χ1v) is 16.9. The summed E-state index contributed by atoms with van der Waals surface area (Å²) in [6.07, 6.45) is 0. The molecule has 8 aromatic rings. The van der Waals surface area contributed by atoms with E-state index in [0.29, 0.717) is 17.5 Å². The maximum Gasteiger partial charge on any atom is 0.164 e. The van der Waals surface area contributed by atoms with Gasteiger partial charge in [0.25, 0.3) is 0 Å². The highest BCUT2D eigenvalue weighted by Crippen LogP contribution is 2.64. The largest absolute Gasteiger partial charge is 0.457 e. The standard InChI is InChI=1S/C46H29N3O/c1-4-16-30(17-5-1)33-22-15-27-38-41(33)34-23-14-24-35(42(34)46(38)36-25-10-12-28-39(36)50-40-29-13-11-26-37(40)46)45-48-43(31-18-6-2-7-19-31)47-44(49-45)32-20-8-3-9-21-32/h1-29H. The third-order valence-corrected chi connectivity index (χ3v) is 10.0. The summed E-state index contributed by atoms with van der Waals surface area (Å²) in [5.74, 6) is 3.58. The van der Waals surface area contributed by atoms with Gasteiger partial charge < -0.3 is 4.74 Å². The number of nitrogens with zero attached hydrogens (tertiary/aromatic N) is 3. The van der Waals surface area contributed by atoms with Crippen molar-refractivity contribution in [3.8, 4) is 67.9 Å². The quantitative estimate of drug-likeness (QED) is 0.192. The van der Waals surface area contributed by atoms with Crippen molar-refractivity contribution in [1.29, 1.82) is 0 Å². The van der Waals surface area contributed by atoms with Crippen molar-refractivity contribution in [3.63, 3.8) is 0 Å². The molecule has 7 aromatic carbocycles. The van der Waals surface area contributed by atoms with E-state index in [0.717, 1.165) is 50.4 Å². The number of para-hydroxylation sites is 2. The van der Waals surface area contributed by atoms with Gasteiger partial charge in [0.05, 0.1) is 5.41 Å². The average molecular weight is 640 g/mol. The molecule has 4 nitrogen and oxygen atoms in total. The molecule has 0 saturated heterocycles. The molecule has 4 heteroatoms. The number of hydrogen-bond donors (Lipinski definition) is 0. The number of aromatic nitrogens is 3. The number of ether oxygens (including phenoxy) is 1. The molecule has 1 spiro atoms. The van der Waals surface area contributed by atoms with Crippen molar-refractivity contribution in [2.75, 3.05) is 0 Å². The molecule has 0 amide bonds. The molecule has 2 aliphatic rings. The van der Waals surface area contributed by atoms with E-state index >= 15 is 0 Å². The maximum absolute atomic E-state index is 6.67. The fourth-order valence-electron chi connectivity index (χ4n) is 7.98. The Balaban J connectivity index is 1.36. The lowest BCUT2D eigenvalue weighted by atomic mass is 9.65. The first kappa shape index (κ1) is 28.4. The van der Waals surface area contributed by atoms with Crippen LogP contribution in [0.2, 0.25) is 0 Å². The smallest absolute Gasteiger partial charge is 0.164 e. The van der Waals surface area contributed by atoms with E-state index < -0.39 is 5.41 Å². The van der Waals surface area contributed by atoms with Crippen LogP contribution in [0.4, 0.5) is 0 Å². The fourth-order valence-corrected chi connectivity index (χ4v) is 7.98. The Morgan fingerprint density at radius 1 is 0.340 bits per heavy atom. The van der Waals surface area contributed by atoms with Crippen LogP contribution in [0.15, 0.2) is 176 Å². The Morgan fingerprint density at radius 2 is 0.780 bits per heavy atom. The zero-order valence-corrected chi connectivity index (χ0v) is 27.0. The lowest BCUT2D eigenvalue weighted by Gasteiger charge is -2.40. The predicted octanol–water partition coefficient (Wildman–Crippen LogP) is 11.0. The zero-order valence-electron chi connectivity index (χ0n) is 27.0. The van der Waals surface area contributed by atoms with Crippen LogP contribution in [0.25, 0.3) is 56.4 Å². The summed E-state index contributed by atoms with van der Waals surface area (Å²) in [4.78, 5) is 15.5. The highest BCUT2D eigenvalue weighted by atomic mass is 16.5. The van der Waals surface area contributed by atoms with Crippen LogP contribution in [0.1, 0.15) is 22.3 Å². The molecule has 0 N–H and O–H groups in total.